The van der Waals surface area contributed by atoms with Gasteiger partial charge in [-0.25, -0.2) is 8.42 Å². The minimum absolute atomic E-state index is 0.147. The zero-order valence-electron chi connectivity index (χ0n) is 17.5. The first-order chi connectivity index (χ1) is 14.2. The Kier molecular flexibility index (Phi) is 9.06. The van der Waals surface area contributed by atoms with Crippen molar-refractivity contribution in [2.45, 2.75) is 32.2 Å². The molecule has 6 nitrogen and oxygen atoms in total. The average molecular weight is 470 g/mol. The highest BCUT2D eigenvalue weighted by molar-refractivity contribution is 7.89. The molecule has 0 radical (unpaired) electrons. The lowest BCUT2D eigenvalue weighted by molar-refractivity contribution is -0.117. The number of nitrogens with one attached hydrogen (secondary N) is 1. The molecule has 0 spiro atoms. The molecule has 0 aliphatic heterocycles. The Hall–Kier alpha value is -1.71. The highest BCUT2D eigenvalue weighted by atomic mass is 35.5. The van der Waals surface area contributed by atoms with Gasteiger partial charge in [0.15, 0.2) is 0 Å². The number of carbonyl (C=O) groups is 1. The van der Waals surface area contributed by atoms with Gasteiger partial charge in [0.1, 0.15) is 0 Å². The maximum absolute atomic E-state index is 12.8. The van der Waals surface area contributed by atoms with Crippen molar-refractivity contribution in [3.05, 3.63) is 57.8 Å². The number of nitrogens with zero attached hydrogens (tertiary/aromatic N) is 2. The number of aryl methyl sites for hydroxylation is 1. The summed E-state index contributed by atoms with van der Waals surface area (Å²) >= 11 is 7.47. The van der Waals surface area contributed by atoms with E-state index in [1.54, 1.807) is 32.1 Å². The summed E-state index contributed by atoms with van der Waals surface area (Å²) in [5, 5.41) is 2.86. The summed E-state index contributed by atoms with van der Waals surface area (Å²) in [5.41, 5.74) is 1.29. The van der Waals surface area contributed by atoms with Crippen LogP contribution < -0.4 is 5.32 Å². The van der Waals surface area contributed by atoms with Crippen molar-refractivity contribution in [1.29, 1.82) is 0 Å². The number of halogens is 1. The highest BCUT2D eigenvalue weighted by Gasteiger charge is 2.22. The second-order valence-electron chi connectivity index (χ2n) is 6.78. The minimum Gasteiger partial charge on any atom is -0.325 e. The third-order valence-electron chi connectivity index (χ3n) is 4.59. The Morgan fingerprint density at radius 1 is 1.23 bits per heavy atom. The molecule has 0 saturated heterocycles. The quantitative estimate of drug-likeness (QED) is 0.496. The average Bonchev–Trinajstić information content (AvgIpc) is 3.09. The van der Waals surface area contributed by atoms with E-state index < -0.39 is 10.0 Å². The standard InChI is InChI=1S/C21H28ClN3O3S2/c1-5-12-24(14-17-9-11-20(22)29-17)15-21(26)23-19-13-18(10-8-16(19)4)30(27,28)25(6-2)7-3/h5,8-11,13H,1,6-7,12,14-15H2,2-4H3,(H,23,26). The SMILES string of the molecule is C=CCN(CC(=O)Nc1cc(S(=O)(=O)N(CC)CC)ccc1C)Cc1ccc(Cl)s1. The lowest BCUT2D eigenvalue weighted by atomic mass is 10.2. The molecule has 0 fully saturated rings. The third-order valence-corrected chi connectivity index (χ3v) is 7.85. The third kappa shape index (κ3) is 6.39. The van der Waals surface area contributed by atoms with E-state index in [1.165, 1.54) is 21.7 Å². The first kappa shape index (κ1) is 24.6. The van der Waals surface area contributed by atoms with E-state index in [-0.39, 0.29) is 17.3 Å². The van der Waals surface area contributed by atoms with Crippen molar-refractivity contribution in [2.75, 3.05) is 31.5 Å². The first-order valence-electron chi connectivity index (χ1n) is 9.69. The van der Waals surface area contributed by atoms with Gasteiger partial charge in [-0.05, 0) is 36.8 Å². The van der Waals surface area contributed by atoms with Gasteiger partial charge in [0, 0.05) is 36.7 Å². The molecule has 1 N–H and O–H groups in total. The summed E-state index contributed by atoms with van der Waals surface area (Å²) in [4.78, 5) is 15.8. The van der Waals surface area contributed by atoms with E-state index in [1.807, 2.05) is 24.0 Å². The van der Waals surface area contributed by atoms with Crippen LogP contribution in [0.3, 0.4) is 0 Å². The topological polar surface area (TPSA) is 69.7 Å². The van der Waals surface area contributed by atoms with E-state index in [2.05, 4.69) is 11.9 Å². The van der Waals surface area contributed by atoms with Crippen molar-refractivity contribution in [1.82, 2.24) is 9.21 Å². The fourth-order valence-electron chi connectivity index (χ4n) is 3.03. The number of rotatable bonds is 11. The molecule has 30 heavy (non-hydrogen) atoms. The smallest absolute Gasteiger partial charge is 0.243 e. The molecule has 1 aromatic heterocycles. The Bertz CT molecular complexity index is 985. The normalized spacial score (nSPS) is 11.8. The molecule has 0 aliphatic carbocycles. The van der Waals surface area contributed by atoms with Crippen LogP contribution >= 0.6 is 22.9 Å². The van der Waals surface area contributed by atoms with Crippen molar-refractivity contribution in [3.8, 4) is 0 Å². The Labute approximate surface area is 188 Å². The van der Waals surface area contributed by atoms with Crippen molar-refractivity contribution in [2.24, 2.45) is 0 Å². The Morgan fingerprint density at radius 3 is 2.50 bits per heavy atom. The van der Waals surface area contributed by atoms with Crippen LogP contribution in [0.15, 0.2) is 47.9 Å². The van der Waals surface area contributed by atoms with Crippen molar-refractivity contribution >= 4 is 44.6 Å². The van der Waals surface area contributed by atoms with Crippen LogP contribution in [0.25, 0.3) is 0 Å². The molecular formula is C21H28ClN3O3S2. The monoisotopic (exact) mass is 469 g/mol. The lowest BCUT2D eigenvalue weighted by Gasteiger charge is -2.21. The molecule has 9 heteroatoms. The van der Waals surface area contributed by atoms with Crippen LogP contribution in [0.4, 0.5) is 5.69 Å². The molecule has 0 bridgehead atoms. The molecule has 0 saturated carbocycles. The fraction of sp³-hybridized carbons (Fsp3) is 0.381. The molecular weight excluding hydrogens is 442 g/mol. The minimum atomic E-state index is -3.60. The zero-order valence-corrected chi connectivity index (χ0v) is 19.9. The molecule has 2 aromatic rings. The molecule has 0 aliphatic rings. The molecule has 2 rings (SSSR count). The molecule has 0 unspecified atom stereocenters. The number of amides is 1. The summed E-state index contributed by atoms with van der Waals surface area (Å²) in [7, 11) is -3.60. The predicted molar refractivity (Wildman–Crippen MR) is 125 cm³/mol. The van der Waals surface area contributed by atoms with Gasteiger partial charge in [0.2, 0.25) is 15.9 Å². The molecule has 1 amide bonds. The summed E-state index contributed by atoms with van der Waals surface area (Å²) in [6.07, 6.45) is 1.74. The predicted octanol–water partition coefficient (Wildman–Crippen LogP) is 4.37. The van der Waals surface area contributed by atoms with E-state index in [0.717, 1.165) is 10.4 Å². The second-order valence-corrected chi connectivity index (χ2v) is 10.5. The van der Waals surface area contributed by atoms with Gasteiger partial charge in [-0.1, -0.05) is 37.6 Å². The maximum Gasteiger partial charge on any atom is 0.243 e. The van der Waals surface area contributed by atoms with E-state index in [9.17, 15) is 13.2 Å². The molecule has 1 aromatic carbocycles. The number of hydrogen-bond acceptors (Lipinski definition) is 5. The van der Waals surface area contributed by atoms with Gasteiger partial charge in [-0.3, -0.25) is 9.69 Å². The van der Waals surface area contributed by atoms with E-state index in [0.29, 0.717) is 36.2 Å². The largest absolute Gasteiger partial charge is 0.325 e. The number of carbonyl (C=O) groups excluding carboxylic acids is 1. The van der Waals surface area contributed by atoms with Crippen molar-refractivity contribution in [3.63, 3.8) is 0 Å². The van der Waals surface area contributed by atoms with Gasteiger partial charge in [0.05, 0.1) is 15.8 Å². The summed E-state index contributed by atoms with van der Waals surface area (Å²) < 4.78 is 27.7. The van der Waals surface area contributed by atoms with Crippen LogP contribution in [-0.2, 0) is 21.4 Å². The van der Waals surface area contributed by atoms with Crippen LogP contribution in [0.2, 0.25) is 4.34 Å². The number of sulfonamides is 1. The van der Waals surface area contributed by atoms with Crippen LogP contribution in [0, 0.1) is 6.92 Å². The highest BCUT2D eigenvalue weighted by Crippen LogP contribution is 2.24. The van der Waals surface area contributed by atoms with Crippen LogP contribution in [0.5, 0.6) is 0 Å². The first-order valence-corrected chi connectivity index (χ1v) is 12.3. The summed E-state index contributed by atoms with van der Waals surface area (Å²) in [5.74, 6) is -0.222. The number of hydrogen-bond donors (Lipinski definition) is 1. The van der Waals surface area contributed by atoms with E-state index in [4.69, 9.17) is 11.6 Å². The van der Waals surface area contributed by atoms with Crippen LogP contribution in [0.1, 0.15) is 24.3 Å². The number of anilines is 1. The summed E-state index contributed by atoms with van der Waals surface area (Å²) in [6, 6.07) is 8.58. The number of thiophene rings is 1. The van der Waals surface area contributed by atoms with Gasteiger partial charge < -0.3 is 5.32 Å². The van der Waals surface area contributed by atoms with Gasteiger partial charge >= 0.3 is 0 Å². The number of benzene rings is 1. The maximum atomic E-state index is 12.8. The lowest BCUT2D eigenvalue weighted by Crippen LogP contribution is -2.33. The molecule has 164 valence electrons. The Morgan fingerprint density at radius 2 is 1.93 bits per heavy atom. The van der Waals surface area contributed by atoms with Crippen molar-refractivity contribution < 1.29 is 13.2 Å². The van der Waals surface area contributed by atoms with Crippen LogP contribution in [-0.4, -0.2) is 49.7 Å². The summed E-state index contributed by atoms with van der Waals surface area (Å²) in [6.45, 7) is 11.2. The van der Waals surface area contributed by atoms with Gasteiger partial charge in [0.25, 0.3) is 0 Å². The van der Waals surface area contributed by atoms with E-state index >= 15 is 0 Å². The Balaban J connectivity index is 2.15. The fourth-order valence-corrected chi connectivity index (χ4v) is 5.64. The van der Waals surface area contributed by atoms with Gasteiger partial charge in [-0.15, -0.1) is 17.9 Å². The van der Waals surface area contributed by atoms with Gasteiger partial charge in [-0.2, -0.15) is 4.31 Å². The zero-order chi connectivity index (χ0) is 22.3. The molecule has 1 heterocycles. The molecule has 0 atom stereocenters. The second kappa shape index (κ2) is 11.1.